The molecule has 0 aliphatic heterocycles. The minimum atomic E-state index is -3.92. The summed E-state index contributed by atoms with van der Waals surface area (Å²) < 4.78 is 50.0. The van der Waals surface area contributed by atoms with Crippen molar-refractivity contribution in [1.29, 1.82) is 0 Å². The molecule has 0 atom stereocenters. The van der Waals surface area contributed by atoms with Crippen LogP contribution in [0.3, 0.4) is 0 Å². The van der Waals surface area contributed by atoms with Gasteiger partial charge < -0.3 is 5.32 Å². The maximum atomic E-state index is 12.3. The predicted molar refractivity (Wildman–Crippen MR) is 102 cm³/mol. The van der Waals surface area contributed by atoms with Gasteiger partial charge in [-0.05, 0) is 36.4 Å². The van der Waals surface area contributed by atoms with Gasteiger partial charge in [0.15, 0.2) is 20.8 Å². The van der Waals surface area contributed by atoms with Crippen molar-refractivity contribution in [2.45, 2.75) is 4.90 Å². The fourth-order valence-corrected chi connectivity index (χ4v) is 3.97. The third-order valence-electron chi connectivity index (χ3n) is 3.04. The number of amides is 1. The molecule has 144 valence electrons. The zero-order valence-corrected chi connectivity index (χ0v) is 16.2. The van der Waals surface area contributed by atoms with Crippen molar-refractivity contribution in [2.24, 2.45) is 0 Å². The Morgan fingerprint density at radius 3 is 2.30 bits per heavy atom. The lowest BCUT2D eigenvalue weighted by molar-refractivity contribution is -0.113. The zero-order valence-electron chi connectivity index (χ0n) is 13.8. The molecule has 0 spiro atoms. The van der Waals surface area contributed by atoms with Gasteiger partial charge in [-0.25, -0.2) is 16.8 Å². The van der Waals surface area contributed by atoms with E-state index in [2.05, 4.69) is 26.8 Å². The van der Waals surface area contributed by atoms with Crippen LogP contribution in [0.1, 0.15) is 0 Å². The number of nitrogens with one attached hydrogen (secondary N) is 2. The normalized spacial score (nSPS) is 11.6. The number of hydrogen-bond donors (Lipinski definition) is 2. The lowest BCUT2D eigenvalue weighted by atomic mass is 10.3. The Morgan fingerprint density at radius 1 is 1.07 bits per heavy atom. The minimum absolute atomic E-state index is 0.01000. The molecule has 0 bridgehead atoms. The van der Waals surface area contributed by atoms with Crippen LogP contribution >= 0.6 is 11.6 Å². The largest absolute Gasteiger partial charge is 0.325 e. The van der Waals surface area contributed by atoms with E-state index >= 15 is 0 Å². The number of hydrogen-bond acceptors (Lipinski definition) is 7. The molecule has 0 unspecified atom stereocenters. The first-order chi connectivity index (χ1) is 12.6. The van der Waals surface area contributed by atoms with Gasteiger partial charge in [-0.3, -0.25) is 9.52 Å². The average molecular weight is 431 g/mol. The number of rotatable bonds is 8. The molecular weight excluding hydrogens is 416 g/mol. The highest BCUT2D eigenvalue weighted by molar-refractivity contribution is 7.92. The van der Waals surface area contributed by atoms with E-state index in [1.54, 1.807) is 0 Å². The molecule has 2 aromatic rings. The quantitative estimate of drug-likeness (QED) is 0.605. The van der Waals surface area contributed by atoms with Gasteiger partial charge in [0.2, 0.25) is 5.91 Å². The highest BCUT2D eigenvalue weighted by atomic mass is 35.5. The van der Waals surface area contributed by atoms with E-state index in [0.717, 1.165) is 0 Å². The molecule has 1 amide bonds. The number of nitrogens with zero attached hydrogens (tertiary/aromatic N) is 2. The lowest BCUT2D eigenvalue weighted by Gasteiger charge is -2.09. The second-order valence-electron chi connectivity index (χ2n) is 5.26. The summed E-state index contributed by atoms with van der Waals surface area (Å²) in [6.07, 6.45) is 1.19. The third kappa shape index (κ3) is 6.31. The summed E-state index contributed by atoms with van der Waals surface area (Å²) in [7, 11) is -7.50. The number of sulfone groups is 1. The van der Waals surface area contributed by atoms with E-state index in [9.17, 15) is 21.6 Å². The topological polar surface area (TPSA) is 135 Å². The molecule has 1 heterocycles. The number of carbonyl (C=O) groups is 1. The molecule has 27 heavy (non-hydrogen) atoms. The van der Waals surface area contributed by atoms with E-state index in [0.29, 0.717) is 0 Å². The van der Waals surface area contributed by atoms with Crippen molar-refractivity contribution < 1.29 is 21.6 Å². The Balaban J connectivity index is 2.06. The SMILES string of the molecule is C=CCS(=O)(=O)CC(=O)Nc1ccc(S(=O)(=O)Nc2ccc(Cl)nn2)cc1. The van der Waals surface area contributed by atoms with Crippen molar-refractivity contribution in [2.75, 3.05) is 21.5 Å². The van der Waals surface area contributed by atoms with Gasteiger partial charge in [-0.1, -0.05) is 17.7 Å². The van der Waals surface area contributed by atoms with Gasteiger partial charge in [0, 0.05) is 5.69 Å². The number of sulfonamides is 1. The molecule has 12 heteroatoms. The summed E-state index contributed by atoms with van der Waals surface area (Å²) in [5, 5.41) is 9.64. The molecule has 0 radical (unpaired) electrons. The second kappa shape index (κ2) is 8.46. The van der Waals surface area contributed by atoms with Crippen LogP contribution in [0.2, 0.25) is 5.15 Å². The first-order valence-electron chi connectivity index (χ1n) is 7.34. The van der Waals surface area contributed by atoms with E-state index in [1.807, 2.05) is 0 Å². The molecule has 0 aliphatic rings. The van der Waals surface area contributed by atoms with Gasteiger partial charge in [0.1, 0.15) is 5.75 Å². The maximum Gasteiger partial charge on any atom is 0.263 e. The Morgan fingerprint density at radius 2 is 1.74 bits per heavy atom. The fraction of sp³-hybridized carbons (Fsp3) is 0.133. The lowest BCUT2D eigenvalue weighted by Crippen LogP contribution is -2.24. The molecule has 0 fully saturated rings. The van der Waals surface area contributed by atoms with E-state index in [1.165, 1.54) is 42.5 Å². The highest BCUT2D eigenvalue weighted by Crippen LogP contribution is 2.17. The van der Waals surface area contributed by atoms with Gasteiger partial charge in [-0.15, -0.1) is 16.8 Å². The number of benzene rings is 1. The Kier molecular flexibility index (Phi) is 6.52. The number of anilines is 2. The third-order valence-corrected chi connectivity index (χ3v) is 6.06. The second-order valence-corrected chi connectivity index (χ2v) is 9.44. The van der Waals surface area contributed by atoms with Crippen LogP contribution in [0.25, 0.3) is 0 Å². The van der Waals surface area contributed by atoms with E-state index in [4.69, 9.17) is 11.6 Å². The van der Waals surface area contributed by atoms with Crippen LogP contribution in [-0.2, 0) is 24.7 Å². The molecule has 9 nitrogen and oxygen atoms in total. The summed E-state index contributed by atoms with van der Waals surface area (Å²) in [5.74, 6) is -1.75. The van der Waals surface area contributed by atoms with Crippen LogP contribution in [0.4, 0.5) is 11.5 Å². The fourth-order valence-electron chi connectivity index (χ4n) is 1.92. The summed E-state index contributed by atoms with van der Waals surface area (Å²) in [6, 6.07) is 7.90. The van der Waals surface area contributed by atoms with Crippen LogP contribution < -0.4 is 10.0 Å². The zero-order chi connectivity index (χ0) is 20.1. The standard InChI is InChI=1S/C15H15ClN4O5S2/c1-2-9-26(22,23)10-15(21)17-11-3-5-12(6-4-11)27(24,25)20-14-8-7-13(16)18-19-14/h2-8H,1,9-10H2,(H,17,21)(H,19,20). The number of carbonyl (C=O) groups excluding carboxylic acids is 1. The Labute approximate surface area is 161 Å². The van der Waals surface area contributed by atoms with Gasteiger partial charge in [0.05, 0.1) is 10.6 Å². The monoisotopic (exact) mass is 430 g/mol. The van der Waals surface area contributed by atoms with Crippen molar-refractivity contribution in [1.82, 2.24) is 10.2 Å². The van der Waals surface area contributed by atoms with E-state index in [-0.39, 0.29) is 27.3 Å². The molecule has 1 aromatic heterocycles. The van der Waals surface area contributed by atoms with E-state index < -0.39 is 31.5 Å². The molecule has 2 N–H and O–H groups in total. The van der Waals surface area contributed by atoms with Crippen molar-refractivity contribution in [3.05, 3.63) is 54.2 Å². The molecule has 0 aliphatic carbocycles. The molecule has 2 rings (SSSR count). The number of aromatic nitrogens is 2. The van der Waals surface area contributed by atoms with Crippen molar-refractivity contribution in [3.8, 4) is 0 Å². The minimum Gasteiger partial charge on any atom is -0.325 e. The first-order valence-corrected chi connectivity index (χ1v) is 11.0. The summed E-state index contributed by atoms with van der Waals surface area (Å²) in [6.45, 7) is 3.32. The Bertz CT molecular complexity index is 1040. The summed E-state index contributed by atoms with van der Waals surface area (Å²) in [4.78, 5) is 11.7. The van der Waals surface area contributed by atoms with Crippen LogP contribution in [0.15, 0.2) is 53.9 Å². The van der Waals surface area contributed by atoms with Crippen molar-refractivity contribution >= 4 is 48.9 Å². The average Bonchev–Trinajstić information content (AvgIpc) is 2.56. The summed E-state index contributed by atoms with van der Waals surface area (Å²) >= 11 is 5.59. The van der Waals surface area contributed by atoms with Crippen LogP contribution in [-0.4, -0.2) is 44.4 Å². The molecule has 0 saturated heterocycles. The predicted octanol–water partition coefficient (Wildman–Crippen LogP) is 1.47. The maximum absolute atomic E-state index is 12.3. The van der Waals surface area contributed by atoms with Gasteiger partial charge in [0.25, 0.3) is 10.0 Å². The van der Waals surface area contributed by atoms with Crippen LogP contribution in [0.5, 0.6) is 0 Å². The molecule has 1 aromatic carbocycles. The highest BCUT2D eigenvalue weighted by Gasteiger charge is 2.17. The first kappa shape index (κ1) is 20.8. The number of halogens is 1. The van der Waals surface area contributed by atoms with Crippen LogP contribution in [0, 0.1) is 0 Å². The Hall–Kier alpha value is -2.50. The van der Waals surface area contributed by atoms with Gasteiger partial charge in [-0.2, -0.15) is 0 Å². The summed E-state index contributed by atoms with van der Waals surface area (Å²) in [5.41, 5.74) is 0.249. The van der Waals surface area contributed by atoms with Gasteiger partial charge >= 0.3 is 0 Å². The molecular formula is C15H15ClN4O5S2. The van der Waals surface area contributed by atoms with Crippen molar-refractivity contribution in [3.63, 3.8) is 0 Å². The smallest absolute Gasteiger partial charge is 0.263 e. The molecule has 0 saturated carbocycles.